The van der Waals surface area contributed by atoms with Gasteiger partial charge in [0.1, 0.15) is 17.1 Å². The summed E-state index contributed by atoms with van der Waals surface area (Å²) in [7, 11) is 3.16. The first-order valence-corrected chi connectivity index (χ1v) is 8.53. The minimum atomic E-state index is 0.00486. The maximum Gasteiger partial charge on any atom is 0.261 e. The molecule has 21 heavy (non-hydrogen) atoms. The van der Waals surface area contributed by atoms with Crippen molar-refractivity contribution in [3.63, 3.8) is 0 Å². The van der Waals surface area contributed by atoms with Crippen molar-refractivity contribution in [3.8, 4) is 11.5 Å². The van der Waals surface area contributed by atoms with Gasteiger partial charge in [-0.05, 0) is 31.2 Å². The van der Waals surface area contributed by atoms with Crippen LogP contribution in [0.2, 0.25) is 0 Å². The average Bonchev–Trinajstić information content (AvgIpc) is 2.78. The quantitative estimate of drug-likeness (QED) is 0.857. The van der Waals surface area contributed by atoms with Gasteiger partial charge in [-0.3, -0.25) is 4.79 Å². The maximum atomic E-state index is 12.9. The predicted octanol–water partition coefficient (Wildman–Crippen LogP) is 3.06. The van der Waals surface area contributed by atoms with Crippen molar-refractivity contribution in [3.05, 3.63) is 23.8 Å². The van der Waals surface area contributed by atoms with Crippen molar-refractivity contribution in [2.24, 2.45) is 0 Å². The Hall–Kier alpha value is -1.36. The highest BCUT2D eigenvalue weighted by Gasteiger charge is 2.27. The molecule has 0 spiro atoms. The van der Waals surface area contributed by atoms with E-state index in [4.69, 9.17) is 9.47 Å². The second-order valence-electron chi connectivity index (χ2n) is 5.14. The molecule has 1 aliphatic heterocycles. The van der Waals surface area contributed by atoms with Crippen LogP contribution in [0.15, 0.2) is 18.2 Å². The molecule has 0 aromatic heterocycles. The summed E-state index contributed by atoms with van der Waals surface area (Å²) in [5, 5.41) is 0.511. The number of nitrogens with zero attached hydrogens (tertiary/aromatic N) is 1. The molecule has 116 valence electrons. The molecule has 1 fully saturated rings. The van der Waals surface area contributed by atoms with Gasteiger partial charge in [0.25, 0.3) is 5.91 Å². The van der Waals surface area contributed by atoms with E-state index in [1.807, 2.05) is 22.7 Å². The highest BCUT2D eigenvalue weighted by molar-refractivity contribution is 7.99. The van der Waals surface area contributed by atoms with Gasteiger partial charge in [0.05, 0.1) is 14.2 Å². The molecule has 1 aromatic carbocycles. The predicted molar refractivity (Wildman–Crippen MR) is 86.6 cm³/mol. The van der Waals surface area contributed by atoms with Crippen molar-refractivity contribution in [2.75, 3.05) is 33.6 Å². The zero-order chi connectivity index (χ0) is 15.2. The summed E-state index contributed by atoms with van der Waals surface area (Å²) in [6.07, 6.45) is 5.52. The molecular formula is C16H23NO3S. The zero-order valence-corrected chi connectivity index (χ0v) is 13.7. The monoisotopic (exact) mass is 309 g/mol. The SMILES string of the molecule is COc1cccc(OC)c1C(=O)N1CCCCC(SC)C1. The summed E-state index contributed by atoms with van der Waals surface area (Å²) < 4.78 is 10.7. The lowest BCUT2D eigenvalue weighted by Crippen LogP contribution is -2.35. The van der Waals surface area contributed by atoms with E-state index in [9.17, 15) is 4.79 Å². The molecule has 1 heterocycles. The topological polar surface area (TPSA) is 38.8 Å². The summed E-state index contributed by atoms with van der Waals surface area (Å²) in [5.41, 5.74) is 0.532. The first-order valence-electron chi connectivity index (χ1n) is 7.24. The minimum Gasteiger partial charge on any atom is -0.496 e. The summed E-state index contributed by atoms with van der Waals surface area (Å²) in [6, 6.07) is 5.45. The Morgan fingerprint density at radius 2 is 1.90 bits per heavy atom. The second-order valence-corrected chi connectivity index (χ2v) is 6.28. The van der Waals surface area contributed by atoms with Crippen molar-refractivity contribution in [1.82, 2.24) is 4.90 Å². The average molecular weight is 309 g/mol. The van der Waals surface area contributed by atoms with Crippen LogP contribution in [-0.4, -0.2) is 49.6 Å². The van der Waals surface area contributed by atoms with Gasteiger partial charge in [0, 0.05) is 18.3 Å². The van der Waals surface area contributed by atoms with E-state index < -0.39 is 0 Å². The number of benzene rings is 1. The van der Waals surface area contributed by atoms with Crippen LogP contribution in [0, 0.1) is 0 Å². The van der Waals surface area contributed by atoms with Gasteiger partial charge in [-0.1, -0.05) is 12.5 Å². The number of thioether (sulfide) groups is 1. The lowest BCUT2D eigenvalue weighted by Gasteiger charge is -2.25. The van der Waals surface area contributed by atoms with Crippen molar-refractivity contribution < 1.29 is 14.3 Å². The molecule has 1 saturated heterocycles. The van der Waals surface area contributed by atoms with Gasteiger partial charge >= 0.3 is 0 Å². The van der Waals surface area contributed by atoms with E-state index in [2.05, 4.69) is 6.26 Å². The molecule has 5 heteroatoms. The number of hydrogen-bond donors (Lipinski definition) is 0. The summed E-state index contributed by atoms with van der Waals surface area (Å²) in [6.45, 7) is 1.60. The van der Waals surface area contributed by atoms with Crippen LogP contribution in [0.4, 0.5) is 0 Å². The number of rotatable bonds is 4. The molecule has 2 rings (SSSR count). The molecule has 1 atom stereocenters. The van der Waals surface area contributed by atoms with E-state index in [0.29, 0.717) is 22.3 Å². The Bertz CT molecular complexity index is 470. The second kappa shape index (κ2) is 7.59. The molecule has 0 bridgehead atoms. The lowest BCUT2D eigenvalue weighted by atomic mass is 10.1. The molecule has 0 radical (unpaired) electrons. The Kier molecular flexibility index (Phi) is 5.79. The van der Waals surface area contributed by atoms with Crippen molar-refractivity contribution in [1.29, 1.82) is 0 Å². The zero-order valence-electron chi connectivity index (χ0n) is 12.9. The van der Waals surface area contributed by atoms with Gasteiger partial charge in [-0.25, -0.2) is 0 Å². The van der Waals surface area contributed by atoms with Gasteiger partial charge in [-0.15, -0.1) is 0 Å². The Balaban J connectivity index is 2.30. The summed E-state index contributed by atoms with van der Waals surface area (Å²) >= 11 is 1.84. The van der Waals surface area contributed by atoms with Gasteiger partial charge in [0.15, 0.2) is 0 Å². The third kappa shape index (κ3) is 3.64. The number of ether oxygens (including phenoxy) is 2. The van der Waals surface area contributed by atoms with Crippen LogP contribution in [0.3, 0.4) is 0 Å². The van der Waals surface area contributed by atoms with Crippen LogP contribution >= 0.6 is 11.8 Å². The molecule has 0 aliphatic carbocycles. The van der Waals surface area contributed by atoms with E-state index in [1.54, 1.807) is 26.4 Å². The molecule has 0 saturated carbocycles. The maximum absolute atomic E-state index is 12.9. The van der Waals surface area contributed by atoms with Gasteiger partial charge in [0.2, 0.25) is 0 Å². The lowest BCUT2D eigenvalue weighted by molar-refractivity contribution is 0.0756. The number of hydrogen-bond acceptors (Lipinski definition) is 4. The highest BCUT2D eigenvalue weighted by atomic mass is 32.2. The molecule has 1 unspecified atom stereocenters. The smallest absolute Gasteiger partial charge is 0.261 e. The number of likely N-dealkylation sites (tertiary alicyclic amines) is 1. The minimum absolute atomic E-state index is 0.00486. The van der Waals surface area contributed by atoms with Gasteiger partial charge < -0.3 is 14.4 Å². The largest absolute Gasteiger partial charge is 0.496 e. The first-order chi connectivity index (χ1) is 10.2. The van der Waals surface area contributed by atoms with Crippen LogP contribution in [0.1, 0.15) is 29.6 Å². The Labute approximate surface area is 130 Å². The van der Waals surface area contributed by atoms with Gasteiger partial charge in [-0.2, -0.15) is 11.8 Å². The fourth-order valence-corrected chi connectivity index (χ4v) is 3.43. The van der Waals surface area contributed by atoms with Crippen molar-refractivity contribution in [2.45, 2.75) is 24.5 Å². The molecule has 4 nitrogen and oxygen atoms in total. The molecular weight excluding hydrogens is 286 g/mol. The number of carbonyl (C=O) groups excluding carboxylic acids is 1. The molecule has 1 aromatic rings. The van der Waals surface area contributed by atoms with Crippen LogP contribution < -0.4 is 9.47 Å². The number of amides is 1. The van der Waals surface area contributed by atoms with E-state index in [0.717, 1.165) is 19.5 Å². The molecule has 0 N–H and O–H groups in total. The highest BCUT2D eigenvalue weighted by Crippen LogP contribution is 2.31. The van der Waals surface area contributed by atoms with Crippen LogP contribution in [-0.2, 0) is 0 Å². The molecule has 1 amide bonds. The third-order valence-electron chi connectivity index (χ3n) is 3.89. The third-order valence-corrected chi connectivity index (χ3v) is 4.94. The van der Waals surface area contributed by atoms with E-state index in [-0.39, 0.29) is 5.91 Å². The first kappa shape index (κ1) is 16.0. The molecule has 1 aliphatic rings. The number of carbonyl (C=O) groups is 1. The summed E-state index contributed by atoms with van der Waals surface area (Å²) in [5.74, 6) is 1.15. The van der Waals surface area contributed by atoms with E-state index in [1.165, 1.54) is 12.8 Å². The Morgan fingerprint density at radius 3 is 2.48 bits per heavy atom. The standard InChI is InChI=1S/C16H23NO3S/c1-19-13-8-6-9-14(20-2)15(13)16(18)17-10-5-4-7-12(11-17)21-3/h6,8-9,12H,4-5,7,10-11H2,1-3H3. The fourth-order valence-electron chi connectivity index (χ4n) is 2.70. The Morgan fingerprint density at radius 1 is 1.24 bits per heavy atom. The number of methoxy groups -OCH3 is 2. The normalized spacial score (nSPS) is 19.0. The van der Waals surface area contributed by atoms with Crippen LogP contribution in [0.25, 0.3) is 0 Å². The van der Waals surface area contributed by atoms with E-state index >= 15 is 0 Å². The van der Waals surface area contributed by atoms with Crippen molar-refractivity contribution >= 4 is 17.7 Å². The fraction of sp³-hybridized carbons (Fsp3) is 0.562. The van der Waals surface area contributed by atoms with Crippen LogP contribution in [0.5, 0.6) is 11.5 Å². The summed E-state index contributed by atoms with van der Waals surface area (Å²) in [4.78, 5) is 14.9.